The minimum atomic E-state index is 0.0141. The Morgan fingerprint density at radius 2 is 2.06 bits per heavy atom. The lowest BCUT2D eigenvalue weighted by Crippen LogP contribution is -2.37. The highest BCUT2D eigenvalue weighted by atomic mass is 16.5. The number of amides is 1. The summed E-state index contributed by atoms with van der Waals surface area (Å²) in [4.78, 5) is 14.1. The molecular formula is C14H19NO3. The predicted octanol–water partition coefficient (Wildman–Crippen LogP) is 2.27. The van der Waals surface area contributed by atoms with Gasteiger partial charge in [0.25, 0.3) is 5.91 Å². The van der Waals surface area contributed by atoms with Crippen LogP contribution < -0.4 is 4.74 Å². The van der Waals surface area contributed by atoms with E-state index >= 15 is 0 Å². The van der Waals surface area contributed by atoms with Crippen molar-refractivity contribution in [2.75, 3.05) is 20.2 Å². The van der Waals surface area contributed by atoms with Gasteiger partial charge in [0.1, 0.15) is 0 Å². The molecule has 1 amide bonds. The monoisotopic (exact) mass is 249 g/mol. The molecule has 0 bridgehead atoms. The molecule has 2 rings (SSSR count). The van der Waals surface area contributed by atoms with Gasteiger partial charge in [0.2, 0.25) is 0 Å². The molecule has 1 heterocycles. The van der Waals surface area contributed by atoms with E-state index in [1.807, 2.05) is 4.90 Å². The summed E-state index contributed by atoms with van der Waals surface area (Å²) in [6, 6.07) is 4.73. The topological polar surface area (TPSA) is 49.8 Å². The van der Waals surface area contributed by atoms with Crippen molar-refractivity contribution in [3.8, 4) is 11.5 Å². The van der Waals surface area contributed by atoms with E-state index in [1.165, 1.54) is 13.2 Å². The lowest BCUT2D eigenvalue weighted by molar-refractivity contribution is 0.0697. The molecule has 4 nitrogen and oxygen atoms in total. The van der Waals surface area contributed by atoms with Gasteiger partial charge < -0.3 is 14.7 Å². The third-order valence-electron chi connectivity index (χ3n) is 3.50. The van der Waals surface area contributed by atoms with Crippen molar-refractivity contribution in [1.82, 2.24) is 4.90 Å². The summed E-state index contributed by atoms with van der Waals surface area (Å²) in [7, 11) is 1.48. The van der Waals surface area contributed by atoms with E-state index < -0.39 is 0 Å². The molecule has 0 radical (unpaired) electrons. The van der Waals surface area contributed by atoms with Crippen LogP contribution in [0.1, 0.15) is 30.1 Å². The number of rotatable bonds is 2. The SMILES string of the molecule is COc1cc(C(=O)N2CCC(C)CC2)ccc1O. The lowest BCUT2D eigenvalue weighted by Gasteiger charge is -2.30. The first-order chi connectivity index (χ1) is 8.61. The summed E-state index contributed by atoms with van der Waals surface area (Å²) in [5, 5.41) is 9.51. The van der Waals surface area contributed by atoms with E-state index in [4.69, 9.17) is 4.74 Å². The summed E-state index contributed by atoms with van der Waals surface area (Å²) in [5.74, 6) is 1.11. The number of piperidine rings is 1. The van der Waals surface area contributed by atoms with E-state index in [1.54, 1.807) is 12.1 Å². The number of benzene rings is 1. The molecule has 1 N–H and O–H groups in total. The van der Waals surface area contributed by atoms with Crippen LogP contribution in [0.4, 0.5) is 0 Å². The standard InChI is InChI=1S/C14H19NO3/c1-10-5-7-15(8-6-10)14(17)11-3-4-12(16)13(9-11)18-2/h3-4,9-10,16H,5-8H2,1-2H3. The Labute approximate surface area is 107 Å². The zero-order valence-electron chi connectivity index (χ0n) is 10.8. The van der Waals surface area contributed by atoms with Gasteiger partial charge in [-0.05, 0) is 37.0 Å². The first-order valence-corrected chi connectivity index (χ1v) is 6.28. The van der Waals surface area contributed by atoms with Crippen molar-refractivity contribution in [3.05, 3.63) is 23.8 Å². The average molecular weight is 249 g/mol. The first kappa shape index (κ1) is 12.7. The number of nitrogens with zero attached hydrogens (tertiary/aromatic N) is 1. The Morgan fingerprint density at radius 1 is 1.39 bits per heavy atom. The third kappa shape index (κ3) is 2.58. The van der Waals surface area contributed by atoms with Crippen LogP contribution >= 0.6 is 0 Å². The largest absolute Gasteiger partial charge is 0.504 e. The zero-order chi connectivity index (χ0) is 13.1. The van der Waals surface area contributed by atoms with Crippen LogP contribution in [0.25, 0.3) is 0 Å². The second-order valence-electron chi connectivity index (χ2n) is 4.86. The van der Waals surface area contributed by atoms with E-state index in [0.29, 0.717) is 17.2 Å². The number of carbonyl (C=O) groups excluding carboxylic acids is 1. The number of hydrogen-bond acceptors (Lipinski definition) is 3. The molecule has 18 heavy (non-hydrogen) atoms. The van der Waals surface area contributed by atoms with Gasteiger partial charge in [0.15, 0.2) is 11.5 Å². The summed E-state index contributed by atoms with van der Waals surface area (Å²) in [6.07, 6.45) is 2.11. The second kappa shape index (κ2) is 5.29. The molecule has 1 aromatic carbocycles. The van der Waals surface area contributed by atoms with Gasteiger partial charge >= 0.3 is 0 Å². The van der Waals surface area contributed by atoms with E-state index in [9.17, 15) is 9.90 Å². The maximum absolute atomic E-state index is 12.3. The third-order valence-corrected chi connectivity index (χ3v) is 3.50. The molecule has 0 aliphatic carbocycles. The van der Waals surface area contributed by atoms with Crippen LogP contribution in [-0.2, 0) is 0 Å². The van der Waals surface area contributed by atoms with Crippen LogP contribution in [0.15, 0.2) is 18.2 Å². The Bertz CT molecular complexity index is 437. The summed E-state index contributed by atoms with van der Waals surface area (Å²) < 4.78 is 5.02. The molecule has 1 aliphatic rings. The number of phenolic OH excluding ortho intramolecular Hbond substituents is 1. The molecule has 1 fully saturated rings. The van der Waals surface area contributed by atoms with Crippen LogP contribution in [0.2, 0.25) is 0 Å². The van der Waals surface area contributed by atoms with Gasteiger partial charge in [0.05, 0.1) is 7.11 Å². The molecule has 1 aromatic rings. The summed E-state index contributed by atoms with van der Waals surface area (Å²) in [5.41, 5.74) is 0.569. The molecule has 1 aliphatic heterocycles. The van der Waals surface area contributed by atoms with Gasteiger partial charge in [-0.1, -0.05) is 6.92 Å². The maximum Gasteiger partial charge on any atom is 0.253 e. The van der Waals surface area contributed by atoms with Gasteiger partial charge in [-0.3, -0.25) is 4.79 Å². The second-order valence-corrected chi connectivity index (χ2v) is 4.86. The molecule has 4 heteroatoms. The Balaban J connectivity index is 2.13. The van der Waals surface area contributed by atoms with Crippen LogP contribution in [0.5, 0.6) is 11.5 Å². The maximum atomic E-state index is 12.3. The molecule has 98 valence electrons. The van der Waals surface area contributed by atoms with E-state index in [-0.39, 0.29) is 11.7 Å². The molecule has 0 unspecified atom stereocenters. The minimum Gasteiger partial charge on any atom is -0.504 e. The van der Waals surface area contributed by atoms with Crippen LogP contribution in [-0.4, -0.2) is 36.1 Å². The van der Waals surface area contributed by atoms with Crippen molar-refractivity contribution in [3.63, 3.8) is 0 Å². The predicted molar refractivity (Wildman–Crippen MR) is 69.0 cm³/mol. The van der Waals surface area contributed by atoms with Crippen molar-refractivity contribution in [1.29, 1.82) is 0 Å². The summed E-state index contributed by atoms with van der Waals surface area (Å²) in [6.45, 7) is 3.83. The number of aromatic hydroxyl groups is 1. The molecule has 0 saturated carbocycles. The number of phenols is 1. The smallest absolute Gasteiger partial charge is 0.253 e. The van der Waals surface area contributed by atoms with Gasteiger partial charge in [0, 0.05) is 18.7 Å². The van der Waals surface area contributed by atoms with Gasteiger partial charge in [-0.15, -0.1) is 0 Å². The fourth-order valence-corrected chi connectivity index (χ4v) is 2.20. The average Bonchev–Trinajstić information content (AvgIpc) is 2.39. The first-order valence-electron chi connectivity index (χ1n) is 6.28. The van der Waals surface area contributed by atoms with E-state index in [0.717, 1.165) is 25.9 Å². The van der Waals surface area contributed by atoms with Crippen LogP contribution in [0.3, 0.4) is 0 Å². The summed E-state index contributed by atoms with van der Waals surface area (Å²) >= 11 is 0. The molecule has 0 aromatic heterocycles. The fraction of sp³-hybridized carbons (Fsp3) is 0.500. The Morgan fingerprint density at radius 3 is 2.67 bits per heavy atom. The van der Waals surface area contributed by atoms with Crippen LogP contribution in [0, 0.1) is 5.92 Å². The highest BCUT2D eigenvalue weighted by Gasteiger charge is 2.22. The minimum absolute atomic E-state index is 0.0141. The highest BCUT2D eigenvalue weighted by molar-refractivity contribution is 5.95. The molecular weight excluding hydrogens is 230 g/mol. The highest BCUT2D eigenvalue weighted by Crippen LogP contribution is 2.27. The van der Waals surface area contributed by atoms with E-state index in [2.05, 4.69) is 6.92 Å². The number of likely N-dealkylation sites (tertiary alicyclic amines) is 1. The lowest BCUT2D eigenvalue weighted by atomic mass is 9.98. The van der Waals surface area contributed by atoms with Crippen molar-refractivity contribution >= 4 is 5.91 Å². The fourth-order valence-electron chi connectivity index (χ4n) is 2.20. The van der Waals surface area contributed by atoms with Crippen molar-refractivity contribution < 1.29 is 14.6 Å². The normalized spacial score (nSPS) is 16.7. The molecule has 0 spiro atoms. The van der Waals surface area contributed by atoms with Gasteiger partial charge in [-0.25, -0.2) is 0 Å². The Hall–Kier alpha value is -1.71. The molecule has 1 saturated heterocycles. The van der Waals surface area contributed by atoms with Gasteiger partial charge in [-0.2, -0.15) is 0 Å². The quantitative estimate of drug-likeness (QED) is 0.874. The number of methoxy groups -OCH3 is 1. The molecule has 0 atom stereocenters. The number of carbonyl (C=O) groups is 1. The van der Waals surface area contributed by atoms with Crippen molar-refractivity contribution in [2.24, 2.45) is 5.92 Å². The van der Waals surface area contributed by atoms with Crippen molar-refractivity contribution in [2.45, 2.75) is 19.8 Å². The number of ether oxygens (including phenoxy) is 1. The Kier molecular flexibility index (Phi) is 3.75. The number of hydrogen-bond donors (Lipinski definition) is 1. The zero-order valence-corrected chi connectivity index (χ0v) is 10.8.